The molecule has 41 heavy (non-hydrogen) atoms. The van der Waals surface area contributed by atoms with E-state index in [2.05, 4.69) is 6.92 Å². The Morgan fingerprint density at radius 1 is 0.683 bits per heavy atom. The van der Waals surface area contributed by atoms with Crippen molar-refractivity contribution in [2.24, 2.45) is 5.92 Å². The Balaban J connectivity index is -0.0000000510. The molecule has 0 aliphatic rings. The smallest absolute Gasteiger partial charge is 0.0681 e. The van der Waals surface area contributed by atoms with Crippen LogP contribution in [0.2, 0.25) is 0 Å². The Labute approximate surface area is 254 Å². The van der Waals surface area contributed by atoms with Crippen molar-refractivity contribution in [1.29, 1.82) is 0 Å². The zero-order valence-corrected chi connectivity index (χ0v) is 29.0. The number of rotatable bonds is 6. The van der Waals surface area contributed by atoms with Crippen LogP contribution in [0.25, 0.3) is 0 Å². The summed E-state index contributed by atoms with van der Waals surface area (Å²) in [5.41, 5.74) is 0.465. The second-order valence-corrected chi connectivity index (χ2v) is 9.86. The predicted molar refractivity (Wildman–Crippen MR) is 176 cm³/mol. The third-order valence-electron chi connectivity index (χ3n) is 2.72. The van der Waals surface area contributed by atoms with Crippen LogP contribution < -0.4 is 0 Å². The van der Waals surface area contributed by atoms with Gasteiger partial charge in [0.2, 0.25) is 0 Å². The summed E-state index contributed by atoms with van der Waals surface area (Å²) in [4.78, 5) is 0. The van der Waals surface area contributed by atoms with Crippen molar-refractivity contribution >= 4 is 0 Å². The quantitative estimate of drug-likeness (QED) is 0.226. The highest BCUT2D eigenvalue weighted by atomic mass is 16.3. The van der Waals surface area contributed by atoms with Gasteiger partial charge in [0.25, 0.3) is 0 Å². The maximum absolute atomic E-state index is 8.54. The third kappa shape index (κ3) is 210. The molecule has 0 heterocycles. The first-order valence-electron chi connectivity index (χ1n) is 14.6. The monoisotopic (exact) mass is 603 g/mol. The molecule has 256 valence electrons. The zero-order valence-electron chi connectivity index (χ0n) is 29.0. The fourth-order valence-corrected chi connectivity index (χ4v) is 0.742. The minimum absolute atomic E-state index is 0.116. The normalized spacial score (nSPS) is 9.46. The first-order chi connectivity index (χ1) is 18.9. The number of unbranched alkanes of at least 4 members (excludes halogenated alkanes) is 1. The van der Waals surface area contributed by atoms with E-state index in [0.717, 1.165) is 38.4 Å². The van der Waals surface area contributed by atoms with Gasteiger partial charge in [-0.1, -0.05) is 71.4 Å². The lowest BCUT2D eigenvalue weighted by Gasteiger charge is -2.04. The summed E-state index contributed by atoms with van der Waals surface area (Å²) >= 11 is 0. The molecule has 9 heteroatoms. The average molecular weight is 603 g/mol. The standard InChI is InChI=1S/C7H8O.4C4H10O.2C3H8O.C2H6O.CH4O/c8-6-7-4-2-1-3-5-7;1-4(2,3)5;1-4(2)3-5;1-3-4(2)5;1-2-3-4-5;1-3(2)4;1-2-3-4;1-2-3;1-2/h1-5,8H,6H2;5H,1-3H3;2*4-5H,3H2,1-2H3;5H,2-4H2,1H3;3-4H,1-2H3;4H,2-3H2,1H3;3H,2H2,1H3;2H,1H3. The first-order valence-corrected chi connectivity index (χ1v) is 14.6. The van der Waals surface area contributed by atoms with E-state index in [9.17, 15) is 0 Å². The van der Waals surface area contributed by atoms with Crippen LogP contribution >= 0.6 is 0 Å². The van der Waals surface area contributed by atoms with Crippen molar-refractivity contribution in [3.8, 4) is 0 Å². The number of aliphatic hydroxyl groups excluding tert-OH is 8. The Hall–Kier alpha value is -1.14. The van der Waals surface area contributed by atoms with Crippen molar-refractivity contribution < 1.29 is 46.0 Å². The summed E-state index contributed by atoms with van der Waals surface area (Å²) in [6, 6.07) is 9.52. The Bertz CT molecular complexity index is 429. The Morgan fingerprint density at radius 2 is 0.951 bits per heavy atom. The van der Waals surface area contributed by atoms with E-state index in [4.69, 9.17) is 46.0 Å². The molecule has 1 aromatic carbocycles. The van der Waals surface area contributed by atoms with Crippen LogP contribution in [0.5, 0.6) is 0 Å². The van der Waals surface area contributed by atoms with Crippen LogP contribution in [-0.2, 0) is 6.61 Å². The molecule has 1 atom stereocenters. The van der Waals surface area contributed by atoms with Gasteiger partial charge in [0.15, 0.2) is 0 Å². The largest absolute Gasteiger partial charge is 0.400 e. The minimum atomic E-state index is -0.500. The van der Waals surface area contributed by atoms with Crippen LogP contribution in [-0.4, -0.2) is 97.3 Å². The Morgan fingerprint density at radius 3 is 1.02 bits per heavy atom. The SMILES string of the molecule is CC(C)(C)O.CC(C)CO.CC(C)O.CCC(C)O.CCCCO.CCCO.CCO.CO.OCc1ccccc1. The van der Waals surface area contributed by atoms with Gasteiger partial charge in [-0.3, -0.25) is 0 Å². The van der Waals surface area contributed by atoms with E-state index in [1.807, 2.05) is 58.0 Å². The van der Waals surface area contributed by atoms with Crippen molar-refractivity contribution in [1.82, 2.24) is 0 Å². The first kappa shape index (κ1) is 59.3. The topological polar surface area (TPSA) is 182 Å². The molecule has 0 amide bonds. The fraction of sp³-hybridized carbons (Fsp3) is 0.812. The van der Waals surface area contributed by atoms with E-state index in [1.165, 1.54) is 0 Å². The van der Waals surface area contributed by atoms with E-state index >= 15 is 0 Å². The van der Waals surface area contributed by atoms with Gasteiger partial charge in [0, 0.05) is 39.6 Å². The number of benzene rings is 1. The fourth-order valence-electron chi connectivity index (χ4n) is 0.742. The molecule has 0 aromatic heterocycles. The molecular formula is C32H74O9. The van der Waals surface area contributed by atoms with E-state index in [-0.39, 0.29) is 25.4 Å². The van der Waals surface area contributed by atoms with Gasteiger partial charge in [0.05, 0.1) is 18.3 Å². The van der Waals surface area contributed by atoms with Crippen LogP contribution in [0, 0.1) is 5.92 Å². The summed E-state index contributed by atoms with van der Waals surface area (Å²) in [6.45, 7) is 23.4. The zero-order chi connectivity index (χ0) is 34.7. The maximum atomic E-state index is 8.54. The van der Waals surface area contributed by atoms with Crippen LogP contribution in [0.1, 0.15) is 114 Å². The highest BCUT2D eigenvalue weighted by Gasteiger charge is 1.97. The Kier molecular flexibility index (Phi) is 84.6. The second-order valence-electron chi connectivity index (χ2n) is 9.86. The molecule has 1 unspecified atom stereocenters. The molecule has 9 nitrogen and oxygen atoms in total. The van der Waals surface area contributed by atoms with Gasteiger partial charge in [-0.15, -0.1) is 0 Å². The summed E-state index contributed by atoms with van der Waals surface area (Å²) in [6.07, 6.45) is 3.49. The molecule has 9 N–H and O–H groups in total. The van der Waals surface area contributed by atoms with Gasteiger partial charge in [-0.05, 0) is 79.2 Å². The number of hydrogen-bond acceptors (Lipinski definition) is 9. The lowest BCUT2D eigenvalue weighted by Crippen LogP contribution is -2.10. The lowest BCUT2D eigenvalue weighted by atomic mass is 10.2. The molecule has 0 saturated carbocycles. The summed E-state index contributed by atoms with van der Waals surface area (Å²) in [5.74, 6) is 0.440. The molecule has 1 aromatic rings. The molecule has 1 rings (SSSR count). The lowest BCUT2D eigenvalue weighted by molar-refractivity contribution is 0.102. The molecule has 0 saturated heterocycles. The average Bonchev–Trinajstić information content (AvgIpc) is 2.91. The van der Waals surface area contributed by atoms with Gasteiger partial charge in [-0.2, -0.15) is 0 Å². The summed E-state index contributed by atoms with van der Waals surface area (Å²) < 4.78 is 0. The van der Waals surface area contributed by atoms with E-state index < -0.39 is 5.60 Å². The second kappa shape index (κ2) is 58.5. The molecule has 0 aliphatic carbocycles. The van der Waals surface area contributed by atoms with Crippen molar-refractivity contribution in [3.63, 3.8) is 0 Å². The maximum Gasteiger partial charge on any atom is 0.0681 e. The van der Waals surface area contributed by atoms with Gasteiger partial charge in [-0.25, -0.2) is 0 Å². The molecule has 0 spiro atoms. The molecule has 0 aliphatic heterocycles. The van der Waals surface area contributed by atoms with Crippen LogP contribution in [0.4, 0.5) is 0 Å². The van der Waals surface area contributed by atoms with Crippen molar-refractivity contribution in [2.75, 3.05) is 33.5 Å². The predicted octanol–water partition coefficient (Wildman–Crippen LogP) is 4.53. The minimum Gasteiger partial charge on any atom is -0.400 e. The summed E-state index contributed by atoms with van der Waals surface area (Å²) in [7, 11) is 1.00. The molecule has 0 fully saturated rings. The van der Waals surface area contributed by atoms with Crippen LogP contribution in [0.15, 0.2) is 30.3 Å². The van der Waals surface area contributed by atoms with Gasteiger partial charge >= 0.3 is 0 Å². The highest BCUT2D eigenvalue weighted by molar-refractivity contribution is 5.12. The van der Waals surface area contributed by atoms with Crippen molar-refractivity contribution in [3.05, 3.63) is 35.9 Å². The van der Waals surface area contributed by atoms with Crippen molar-refractivity contribution in [2.45, 2.75) is 133 Å². The molecular weight excluding hydrogens is 528 g/mol. The summed E-state index contributed by atoms with van der Waals surface area (Å²) in [5, 5.41) is 72.1. The van der Waals surface area contributed by atoms with E-state index in [1.54, 1.807) is 48.5 Å². The number of aliphatic hydroxyl groups is 9. The van der Waals surface area contributed by atoms with Crippen LogP contribution in [0.3, 0.4) is 0 Å². The number of hydrogen-bond donors (Lipinski definition) is 9. The van der Waals surface area contributed by atoms with Gasteiger partial charge in [0.1, 0.15) is 0 Å². The molecule has 0 radical (unpaired) electrons. The van der Waals surface area contributed by atoms with Gasteiger partial charge < -0.3 is 46.0 Å². The highest BCUT2D eigenvalue weighted by Crippen LogP contribution is 1.95. The van der Waals surface area contributed by atoms with E-state index in [0.29, 0.717) is 25.7 Å². The third-order valence-corrected chi connectivity index (χ3v) is 2.72. The molecule has 0 bridgehead atoms.